The van der Waals surface area contributed by atoms with Crippen molar-refractivity contribution in [1.29, 1.82) is 0 Å². The Morgan fingerprint density at radius 3 is 2.63 bits per heavy atom. The number of carbonyl (C=O) groups excluding carboxylic acids is 1. The van der Waals surface area contributed by atoms with Crippen molar-refractivity contribution < 1.29 is 9.53 Å². The topological polar surface area (TPSA) is 68.5 Å². The fourth-order valence-corrected chi connectivity index (χ4v) is 2.19. The highest BCUT2D eigenvalue weighted by molar-refractivity contribution is 7.13. The smallest absolute Gasteiger partial charge is 0.232 e. The van der Waals surface area contributed by atoms with E-state index in [1.165, 1.54) is 11.3 Å². The van der Waals surface area contributed by atoms with E-state index in [-0.39, 0.29) is 12.3 Å². The van der Waals surface area contributed by atoms with Crippen LogP contribution in [0.3, 0.4) is 0 Å². The number of rotatable bonds is 4. The van der Waals surface area contributed by atoms with E-state index >= 15 is 0 Å². The summed E-state index contributed by atoms with van der Waals surface area (Å²) in [5.74, 6) is 0.729. The molecule has 0 radical (unpaired) electrons. The summed E-state index contributed by atoms with van der Waals surface area (Å²) in [6, 6.07) is 7.32. The van der Waals surface area contributed by atoms with Crippen molar-refractivity contribution in [3.63, 3.8) is 0 Å². The van der Waals surface area contributed by atoms with E-state index in [1.807, 2.05) is 24.3 Å². The van der Waals surface area contributed by atoms with Gasteiger partial charge in [0.05, 0.1) is 19.2 Å². The number of nitrogens with two attached hydrogens (primary N) is 1. The number of aromatic nitrogens is 1. The van der Waals surface area contributed by atoms with Crippen molar-refractivity contribution in [3.05, 3.63) is 35.3 Å². The summed E-state index contributed by atoms with van der Waals surface area (Å²) in [6.07, 6.45) is 0.246. The van der Waals surface area contributed by atoms with Crippen LogP contribution in [0.25, 0.3) is 0 Å². The van der Waals surface area contributed by atoms with E-state index < -0.39 is 0 Å². The Bertz CT molecular complexity index is 566. The molecule has 0 spiro atoms. The van der Waals surface area contributed by atoms with Gasteiger partial charge in [-0.25, -0.2) is 4.98 Å². The molecule has 0 fully saturated rings. The molecule has 0 atom stereocenters. The number of hydrogen-bond donors (Lipinski definition) is 1. The van der Waals surface area contributed by atoms with Gasteiger partial charge in [-0.2, -0.15) is 0 Å². The number of carbonyl (C=O) groups is 1. The van der Waals surface area contributed by atoms with E-state index in [1.54, 1.807) is 24.4 Å². The zero-order valence-corrected chi connectivity index (χ0v) is 11.6. The molecule has 0 bridgehead atoms. The van der Waals surface area contributed by atoms with Gasteiger partial charge in [0.15, 0.2) is 5.13 Å². The zero-order valence-electron chi connectivity index (χ0n) is 10.8. The first-order chi connectivity index (χ1) is 9.10. The first kappa shape index (κ1) is 13.4. The molecule has 19 heavy (non-hydrogen) atoms. The molecule has 5 nitrogen and oxygen atoms in total. The van der Waals surface area contributed by atoms with Gasteiger partial charge in [0, 0.05) is 18.1 Å². The predicted molar refractivity (Wildman–Crippen MR) is 76.6 cm³/mol. The normalized spacial score (nSPS) is 10.2. The Morgan fingerprint density at radius 2 is 2.11 bits per heavy atom. The molecule has 2 N–H and O–H groups in total. The Hall–Kier alpha value is -2.08. The third kappa shape index (κ3) is 3.23. The molecule has 2 aromatic rings. The molecular formula is C13H15N3O2S. The number of thiazole rings is 1. The van der Waals surface area contributed by atoms with Crippen molar-refractivity contribution in [1.82, 2.24) is 4.98 Å². The standard InChI is InChI=1S/C13H15N3O2S/c1-16(10-3-5-11(18-2)6-4-10)12(17)7-9-8-19-13(14)15-9/h3-6,8H,7H2,1-2H3,(H2,14,15). The molecule has 0 unspecified atom stereocenters. The third-order valence-electron chi connectivity index (χ3n) is 2.74. The number of hydrogen-bond acceptors (Lipinski definition) is 5. The second-order valence-corrected chi connectivity index (χ2v) is 4.89. The van der Waals surface area contributed by atoms with Crippen LogP contribution in [0.2, 0.25) is 0 Å². The van der Waals surface area contributed by atoms with Gasteiger partial charge in [-0.1, -0.05) is 0 Å². The van der Waals surface area contributed by atoms with Crippen molar-refractivity contribution >= 4 is 28.1 Å². The number of likely N-dealkylation sites (N-methyl/N-ethyl adjacent to an activating group) is 1. The maximum atomic E-state index is 12.1. The summed E-state index contributed by atoms with van der Waals surface area (Å²) < 4.78 is 5.08. The molecule has 1 aromatic heterocycles. The lowest BCUT2D eigenvalue weighted by atomic mass is 10.2. The quantitative estimate of drug-likeness (QED) is 0.927. The molecule has 1 heterocycles. The average molecular weight is 277 g/mol. The highest BCUT2D eigenvalue weighted by atomic mass is 32.1. The monoisotopic (exact) mass is 277 g/mol. The summed E-state index contributed by atoms with van der Waals surface area (Å²) >= 11 is 1.34. The second-order valence-electron chi connectivity index (χ2n) is 4.00. The van der Waals surface area contributed by atoms with Crippen LogP contribution >= 0.6 is 11.3 Å². The maximum absolute atomic E-state index is 12.1. The number of nitrogen functional groups attached to an aromatic ring is 1. The Labute approximate surface area is 115 Å². The minimum Gasteiger partial charge on any atom is -0.497 e. The molecule has 0 aliphatic carbocycles. The molecule has 6 heteroatoms. The van der Waals surface area contributed by atoms with Crippen molar-refractivity contribution in [3.8, 4) is 5.75 Å². The van der Waals surface area contributed by atoms with Crippen LogP contribution in [0.4, 0.5) is 10.8 Å². The average Bonchev–Trinajstić information content (AvgIpc) is 2.83. The summed E-state index contributed by atoms with van der Waals surface area (Å²) in [5, 5.41) is 2.28. The summed E-state index contributed by atoms with van der Waals surface area (Å²) in [4.78, 5) is 17.8. The highest BCUT2D eigenvalue weighted by Crippen LogP contribution is 2.19. The van der Waals surface area contributed by atoms with Gasteiger partial charge in [0.25, 0.3) is 0 Å². The van der Waals surface area contributed by atoms with Crippen LogP contribution < -0.4 is 15.4 Å². The third-order valence-corrected chi connectivity index (χ3v) is 3.46. The minimum atomic E-state index is -0.0320. The lowest BCUT2D eigenvalue weighted by Gasteiger charge is -2.17. The maximum Gasteiger partial charge on any atom is 0.232 e. The largest absolute Gasteiger partial charge is 0.497 e. The second kappa shape index (κ2) is 5.71. The van der Waals surface area contributed by atoms with E-state index in [0.29, 0.717) is 10.8 Å². The molecule has 0 saturated carbocycles. The number of anilines is 2. The highest BCUT2D eigenvalue weighted by Gasteiger charge is 2.13. The van der Waals surface area contributed by atoms with Gasteiger partial charge >= 0.3 is 0 Å². The molecule has 2 rings (SSSR count). The van der Waals surface area contributed by atoms with E-state index in [4.69, 9.17) is 10.5 Å². The van der Waals surface area contributed by atoms with Crippen LogP contribution in [0.5, 0.6) is 5.75 Å². The molecule has 1 amide bonds. The predicted octanol–water partition coefficient (Wildman–Crippen LogP) is 1.94. The SMILES string of the molecule is COc1ccc(N(C)C(=O)Cc2csc(N)n2)cc1. The van der Waals surface area contributed by atoms with Crippen molar-refractivity contribution in [2.75, 3.05) is 24.8 Å². The number of amides is 1. The summed E-state index contributed by atoms with van der Waals surface area (Å²) in [6.45, 7) is 0. The van der Waals surface area contributed by atoms with Crippen LogP contribution in [0.15, 0.2) is 29.6 Å². The summed E-state index contributed by atoms with van der Waals surface area (Å²) in [7, 11) is 3.34. The van der Waals surface area contributed by atoms with E-state index in [2.05, 4.69) is 4.98 Å². The lowest BCUT2D eigenvalue weighted by Crippen LogP contribution is -2.27. The zero-order chi connectivity index (χ0) is 13.8. The number of ether oxygens (including phenoxy) is 1. The van der Waals surface area contributed by atoms with Crippen LogP contribution in [-0.2, 0) is 11.2 Å². The van der Waals surface area contributed by atoms with Crippen molar-refractivity contribution in [2.45, 2.75) is 6.42 Å². The minimum absolute atomic E-state index is 0.0320. The van der Waals surface area contributed by atoms with E-state index in [9.17, 15) is 4.79 Å². The lowest BCUT2D eigenvalue weighted by molar-refractivity contribution is -0.117. The number of benzene rings is 1. The van der Waals surface area contributed by atoms with Gasteiger partial charge < -0.3 is 15.4 Å². The molecular weight excluding hydrogens is 262 g/mol. The van der Waals surface area contributed by atoms with Gasteiger partial charge in [0.2, 0.25) is 5.91 Å². The molecule has 1 aromatic carbocycles. The molecule has 0 saturated heterocycles. The Balaban J connectivity index is 2.05. The van der Waals surface area contributed by atoms with Gasteiger partial charge in [-0.15, -0.1) is 11.3 Å². The first-order valence-electron chi connectivity index (χ1n) is 5.70. The van der Waals surface area contributed by atoms with E-state index in [0.717, 1.165) is 11.4 Å². The Kier molecular flexibility index (Phi) is 4.01. The van der Waals surface area contributed by atoms with Crippen LogP contribution in [0.1, 0.15) is 5.69 Å². The first-order valence-corrected chi connectivity index (χ1v) is 6.58. The van der Waals surface area contributed by atoms with Gasteiger partial charge in [0.1, 0.15) is 5.75 Å². The molecule has 100 valence electrons. The summed E-state index contributed by atoms with van der Waals surface area (Å²) in [5.41, 5.74) is 7.06. The van der Waals surface area contributed by atoms with Crippen LogP contribution in [0, 0.1) is 0 Å². The fraction of sp³-hybridized carbons (Fsp3) is 0.231. The van der Waals surface area contributed by atoms with Gasteiger partial charge in [-0.05, 0) is 24.3 Å². The number of nitrogens with zero attached hydrogens (tertiary/aromatic N) is 2. The fourth-order valence-electron chi connectivity index (χ4n) is 1.63. The Morgan fingerprint density at radius 1 is 1.42 bits per heavy atom. The van der Waals surface area contributed by atoms with Crippen LogP contribution in [-0.4, -0.2) is 25.0 Å². The molecule has 0 aliphatic rings. The number of methoxy groups -OCH3 is 1. The van der Waals surface area contributed by atoms with Crippen molar-refractivity contribution in [2.24, 2.45) is 0 Å². The molecule has 0 aliphatic heterocycles. The van der Waals surface area contributed by atoms with Gasteiger partial charge in [-0.3, -0.25) is 4.79 Å².